The number of anilines is 1. The number of nitrogen functional groups attached to an aromatic ring is 1. The van der Waals surface area contributed by atoms with E-state index in [1.54, 1.807) is 36.4 Å². The predicted octanol–water partition coefficient (Wildman–Crippen LogP) is 3.94. The highest BCUT2D eigenvalue weighted by Gasteiger charge is 2.14. The van der Waals surface area contributed by atoms with Gasteiger partial charge >= 0.3 is 5.97 Å². The highest BCUT2D eigenvalue weighted by atomic mass is 35.5. The Morgan fingerprint density at radius 2 is 1.95 bits per heavy atom. The van der Waals surface area contributed by atoms with E-state index in [1.807, 2.05) is 0 Å². The summed E-state index contributed by atoms with van der Waals surface area (Å²) < 4.78 is 10.3. The smallest absolute Gasteiger partial charge is 0.342 e. The number of ether oxygens (including phenoxy) is 2. The maximum absolute atomic E-state index is 12.1. The molecule has 0 aromatic heterocycles. The van der Waals surface area contributed by atoms with Gasteiger partial charge in [-0.15, -0.1) is 0 Å². The predicted molar refractivity (Wildman–Crippen MR) is 83.0 cm³/mol. The molecule has 6 heteroatoms. The zero-order chi connectivity index (χ0) is 15.4. The Bertz CT molecular complexity index is 674. The van der Waals surface area contributed by atoms with Crippen LogP contribution in [0.15, 0.2) is 36.4 Å². The Morgan fingerprint density at radius 1 is 1.19 bits per heavy atom. The fourth-order valence-corrected chi connectivity index (χ4v) is 2.20. The van der Waals surface area contributed by atoms with Gasteiger partial charge in [0.15, 0.2) is 0 Å². The molecule has 0 bridgehead atoms. The van der Waals surface area contributed by atoms with E-state index in [0.29, 0.717) is 32.6 Å². The van der Waals surface area contributed by atoms with Crippen molar-refractivity contribution in [3.8, 4) is 5.75 Å². The van der Waals surface area contributed by atoms with Gasteiger partial charge in [0.1, 0.15) is 17.9 Å². The fourth-order valence-electron chi connectivity index (χ4n) is 1.74. The molecular formula is C15H13Cl2NO3. The molecule has 110 valence electrons. The van der Waals surface area contributed by atoms with Crippen molar-refractivity contribution >= 4 is 34.9 Å². The summed E-state index contributed by atoms with van der Waals surface area (Å²) in [5, 5.41) is 0.967. The first-order valence-electron chi connectivity index (χ1n) is 6.06. The minimum atomic E-state index is -0.516. The second kappa shape index (κ2) is 6.70. The minimum absolute atomic E-state index is 0.0440. The normalized spacial score (nSPS) is 10.2. The number of carbonyl (C=O) groups excluding carboxylic acids is 1. The molecule has 0 amide bonds. The summed E-state index contributed by atoms with van der Waals surface area (Å²) in [7, 11) is 1.46. The topological polar surface area (TPSA) is 61.5 Å². The van der Waals surface area contributed by atoms with Gasteiger partial charge in [0.25, 0.3) is 0 Å². The van der Waals surface area contributed by atoms with Crippen LogP contribution in [0.4, 0.5) is 5.69 Å². The molecule has 2 aromatic rings. The molecule has 0 fully saturated rings. The lowest BCUT2D eigenvalue weighted by molar-refractivity contribution is 0.0469. The van der Waals surface area contributed by atoms with Crippen LogP contribution in [0.1, 0.15) is 15.9 Å². The number of methoxy groups -OCH3 is 1. The zero-order valence-electron chi connectivity index (χ0n) is 11.2. The average Bonchev–Trinajstić information content (AvgIpc) is 2.45. The monoisotopic (exact) mass is 325 g/mol. The van der Waals surface area contributed by atoms with Crippen LogP contribution in [0.5, 0.6) is 5.75 Å². The van der Waals surface area contributed by atoms with Crippen molar-refractivity contribution < 1.29 is 14.3 Å². The van der Waals surface area contributed by atoms with Gasteiger partial charge in [-0.05, 0) is 24.3 Å². The van der Waals surface area contributed by atoms with Crippen molar-refractivity contribution in [2.24, 2.45) is 0 Å². The number of carbonyl (C=O) groups is 1. The third-order valence-corrected chi connectivity index (χ3v) is 3.41. The molecule has 0 saturated carbocycles. The number of nitrogens with two attached hydrogens (primary N) is 1. The minimum Gasteiger partial charge on any atom is -0.496 e. The van der Waals surface area contributed by atoms with Crippen molar-refractivity contribution in [3.63, 3.8) is 0 Å². The third-order valence-electron chi connectivity index (χ3n) is 2.82. The van der Waals surface area contributed by atoms with Gasteiger partial charge in [0.05, 0.1) is 7.11 Å². The number of esters is 1. The van der Waals surface area contributed by atoms with Crippen LogP contribution in [-0.4, -0.2) is 13.1 Å². The van der Waals surface area contributed by atoms with E-state index in [1.165, 1.54) is 7.11 Å². The van der Waals surface area contributed by atoms with Crippen LogP contribution in [0.2, 0.25) is 10.0 Å². The zero-order valence-corrected chi connectivity index (χ0v) is 12.7. The van der Waals surface area contributed by atoms with Crippen LogP contribution in [0.3, 0.4) is 0 Å². The summed E-state index contributed by atoms with van der Waals surface area (Å²) in [6.45, 7) is 0.0440. The van der Waals surface area contributed by atoms with Gasteiger partial charge in [-0.25, -0.2) is 4.79 Å². The SMILES string of the molecule is COc1cc(N)ccc1C(=O)OCc1ccc(Cl)cc1Cl. The van der Waals surface area contributed by atoms with Crippen molar-refractivity contribution in [2.75, 3.05) is 12.8 Å². The van der Waals surface area contributed by atoms with Crippen molar-refractivity contribution in [1.29, 1.82) is 0 Å². The van der Waals surface area contributed by atoms with Crippen LogP contribution in [0, 0.1) is 0 Å². The summed E-state index contributed by atoms with van der Waals surface area (Å²) in [6, 6.07) is 9.70. The largest absolute Gasteiger partial charge is 0.496 e. The van der Waals surface area contributed by atoms with E-state index >= 15 is 0 Å². The number of halogens is 2. The Labute approximate surface area is 132 Å². The molecule has 4 nitrogen and oxygen atoms in total. The summed E-state index contributed by atoms with van der Waals surface area (Å²) in [4.78, 5) is 12.1. The van der Waals surface area contributed by atoms with Crippen LogP contribution < -0.4 is 10.5 Å². The van der Waals surface area contributed by atoms with Crippen molar-refractivity contribution in [3.05, 3.63) is 57.6 Å². The molecule has 0 heterocycles. The second-order valence-electron chi connectivity index (χ2n) is 4.27. The lowest BCUT2D eigenvalue weighted by Gasteiger charge is -2.10. The first-order valence-corrected chi connectivity index (χ1v) is 6.81. The van der Waals surface area contributed by atoms with E-state index in [9.17, 15) is 4.79 Å². The first kappa shape index (κ1) is 15.5. The molecule has 0 spiro atoms. The van der Waals surface area contributed by atoms with Crippen LogP contribution >= 0.6 is 23.2 Å². The molecule has 0 atom stereocenters. The average molecular weight is 326 g/mol. The Morgan fingerprint density at radius 3 is 2.62 bits per heavy atom. The quantitative estimate of drug-likeness (QED) is 0.683. The van der Waals surface area contributed by atoms with Crippen molar-refractivity contribution in [1.82, 2.24) is 0 Å². The van der Waals surface area contributed by atoms with E-state index in [0.717, 1.165) is 0 Å². The van der Waals surface area contributed by atoms with E-state index in [-0.39, 0.29) is 6.61 Å². The Hall–Kier alpha value is -1.91. The Kier molecular flexibility index (Phi) is 4.94. The van der Waals surface area contributed by atoms with Gasteiger partial charge in [-0.2, -0.15) is 0 Å². The van der Waals surface area contributed by atoms with E-state index in [4.69, 9.17) is 38.4 Å². The molecule has 2 aromatic carbocycles. The van der Waals surface area contributed by atoms with Crippen LogP contribution in [-0.2, 0) is 11.3 Å². The number of hydrogen-bond donors (Lipinski definition) is 1. The molecule has 0 saturated heterocycles. The number of hydrogen-bond acceptors (Lipinski definition) is 4. The van der Waals surface area contributed by atoms with Crippen molar-refractivity contribution in [2.45, 2.75) is 6.61 Å². The van der Waals surface area contributed by atoms with Crippen LogP contribution in [0.25, 0.3) is 0 Å². The van der Waals surface area contributed by atoms with Gasteiger partial charge < -0.3 is 15.2 Å². The standard InChI is InChI=1S/C15H13Cl2NO3/c1-20-14-7-11(18)4-5-12(14)15(19)21-8-9-2-3-10(16)6-13(9)17/h2-7H,8,18H2,1H3. The first-order chi connectivity index (χ1) is 10.0. The molecule has 0 aliphatic heterocycles. The highest BCUT2D eigenvalue weighted by Crippen LogP contribution is 2.24. The maximum atomic E-state index is 12.1. The van der Waals surface area contributed by atoms with Gasteiger partial charge in [-0.3, -0.25) is 0 Å². The van der Waals surface area contributed by atoms with Gasteiger partial charge in [0, 0.05) is 27.4 Å². The molecule has 0 aliphatic rings. The molecule has 0 unspecified atom stereocenters. The maximum Gasteiger partial charge on any atom is 0.342 e. The van der Waals surface area contributed by atoms with E-state index in [2.05, 4.69) is 0 Å². The summed E-state index contributed by atoms with van der Waals surface area (Å²) in [5.41, 5.74) is 7.12. The molecular weight excluding hydrogens is 313 g/mol. The third kappa shape index (κ3) is 3.80. The molecule has 2 rings (SSSR count). The number of benzene rings is 2. The van der Waals surface area contributed by atoms with Gasteiger partial charge in [-0.1, -0.05) is 29.3 Å². The second-order valence-corrected chi connectivity index (χ2v) is 5.12. The Balaban J connectivity index is 2.11. The molecule has 2 N–H and O–H groups in total. The summed E-state index contributed by atoms with van der Waals surface area (Å²) >= 11 is 11.8. The van der Waals surface area contributed by atoms with E-state index < -0.39 is 5.97 Å². The molecule has 0 aliphatic carbocycles. The number of rotatable bonds is 4. The highest BCUT2D eigenvalue weighted by molar-refractivity contribution is 6.35. The van der Waals surface area contributed by atoms with Gasteiger partial charge in [0.2, 0.25) is 0 Å². The molecule has 0 radical (unpaired) electrons. The lowest BCUT2D eigenvalue weighted by atomic mass is 10.2. The lowest BCUT2D eigenvalue weighted by Crippen LogP contribution is -2.08. The summed E-state index contributed by atoms with van der Waals surface area (Å²) in [5.74, 6) is -0.153. The summed E-state index contributed by atoms with van der Waals surface area (Å²) in [6.07, 6.45) is 0. The fraction of sp³-hybridized carbons (Fsp3) is 0.133. The molecule has 21 heavy (non-hydrogen) atoms.